The number of hydrogen-bond acceptors (Lipinski definition) is 0. The summed E-state index contributed by atoms with van der Waals surface area (Å²) in [6.07, 6.45) is -10.1. The highest BCUT2D eigenvalue weighted by Gasteiger charge is 2.47. The largest absolute Gasteiger partial charge is 0.417 e. The lowest BCUT2D eigenvalue weighted by molar-refractivity contribution is -0.161. The standard InChI is InChI=1S/C14H6F6/c15-13(16,17)10-6-5-9-7-3-1-2-4-8(7)11(9)12(10)14(18,19)20/h1-6H. The molecule has 0 bridgehead atoms. The van der Waals surface area contributed by atoms with Gasteiger partial charge in [-0.25, -0.2) is 0 Å². The van der Waals surface area contributed by atoms with Crippen LogP contribution in [0.25, 0.3) is 22.3 Å². The third-order valence-electron chi connectivity index (χ3n) is 3.28. The highest BCUT2D eigenvalue weighted by molar-refractivity contribution is 6.04. The first kappa shape index (κ1) is 13.0. The van der Waals surface area contributed by atoms with Gasteiger partial charge in [0.1, 0.15) is 0 Å². The third-order valence-corrected chi connectivity index (χ3v) is 3.28. The van der Waals surface area contributed by atoms with Crippen molar-refractivity contribution in [2.24, 2.45) is 0 Å². The number of hydrogen-bond donors (Lipinski definition) is 0. The van der Waals surface area contributed by atoms with Crippen LogP contribution in [0.15, 0.2) is 36.4 Å². The molecule has 0 N–H and O–H groups in total. The molecule has 104 valence electrons. The first-order chi connectivity index (χ1) is 9.21. The van der Waals surface area contributed by atoms with Crippen molar-refractivity contribution >= 4 is 0 Å². The zero-order valence-electron chi connectivity index (χ0n) is 9.73. The molecule has 0 aliphatic heterocycles. The molecule has 0 amide bonds. The van der Waals surface area contributed by atoms with Crippen LogP contribution in [0.4, 0.5) is 26.3 Å². The molecular weight excluding hydrogens is 282 g/mol. The van der Waals surface area contributed by atoms with Gasteiger partial charge in [0.05, 0.1) is 11.1 Å². The summed E-state index contributed by atoms with van der Waals surface area (Å²) in [7, 11) is 0. The van der Waals surface area contributed by atoms with Crippen molar-refractivity contribution in [3.05, 3.63) is 47.5 Å². The lowest BCUT2D eigenvalue weighted by Gasteiger charge is -2.29. The second-order valence-electron chi connectivity index (χ2n) is 4.45. The molecule has 0 saturated carbocycles. The predicted octanol–water partition coefficient (Wildman–Crippen LogP) is 5.37. The molecule has 1 aliphatic carbocycles. The monoisotopic (exact) mass is 288 g/mol. The van der Waals surface area contributed by atoms with Gasteiger partial charge in [-0.1, -0.05) is 30.3 Å². The Hall–Kier alpha value is -1.98. The fraction of sp³-hybridized carbons (Fsp3) is 0.143. The Morgan fingerprint density at radius 1 is 0.600 bits per heavy atom. The average Bonchev–Trinajstić information content (AvgIpc) is 2.32. The molecule has 1 aliphatic rings. The van der Waals surface area contributed by atoms with Crippen molar-refractivity contribution in [1.29, 1.82) is 0 Å². The van der Waals surface area contributed by atoms with E-state index in [0.29, 0.717) is 11.6 Å². The topological polar surface area (TPSA) is 0 Å². The number of fused-ring (bicyclic) bond motifs is 4. The minimum atomic E-state index is -5.05. The van der Waals surface area contributed by atoms with E-state index < -0.39 is 23.5 Å². The van der Waals surface area contributed by atoms with Gasteiger partial charge in [-0.15, -0.1) is 0 Å². The fourth-order valence-electron chi connectivity index (χ4n) is 2.51. The van der Waals surface area contributed by atoms with Crippen LogP contribution >= 0.6 is 0 Å². The summed E-state index contributed by atoms with van der Waals surface area (Å²) in [4.78, 5) is 0. The van der Waals surface area contributed by atoms with Crippen molar-refractivity contribution in [2.45, 2.75) is 12.4 Å². The van der Waals surface area contributed by atoms with Gasteiger partial charge in [0.25, 0.3) is 0 Å². The molecule has 20 heavy (non-hydrogen) atoms. The zero-order chi connectivity index (χ0) is 14.7. The Bertz CT molecular complexity index is 694. The van der Waals surface area contributed by atoms with Crippen LogP contribution in [-0.4, -0.2) is 0 Å². The van der Waals surface area contributed by atoms with E-state index in [1.165, 1.54) is 12.1 Å². The second kappa shape index (κ2) is 3.77. The Kier molecular flexibility index (Phi) is 2.46. The van der Waals surface area contributed by atoms with Gasteiger partial charge in [0.15, 0.2) is 0 Å². The second-order valence-corrected chi connectivity index (χ2v) is 4.45. The number of halogens is 6. The van der Waals surface area contributed by atoms with Crippen LogP contribution < -0.4 is 0 Å². The van der Waals surface area contributed by atoms with Gasteiger partial charge in [-0.3, -0.25) is 0 Å². The number of rotatable bonds is 0. The minimum Gasteiger partial charge on any atom is -0.166 e. The summed E-state index contributed by atoms with van der Waals surface area (Å²) >= 11 is 0. The molecule has 0 saturated heterocycles. The SMILES string of the molecule is FC(F)(F)c1ccc2c(c1C(F)(F)F)-c1ccccc1-2. The fourth-order valence-corrected chi connectivity index (χ4v) is 2.51. The van der Waals surface area contributed by atoms with E-state index in [1.807, 2.05) is 0 Å². The molecule has 0 aromatic heterocycles. The summed E-state index contributed by atoms with van der Waals surface area (Å²) in [6.45, 7) is 0. The van der Waals surface area contributed by atoms with Crippen molar-refractivity contribution < 1.29 is 26.3 Å². The Morgan fingerprint density at radius 2 is 1.20 bits per heavy atom. The summed E-state index contributed by atoms with van der Waals surface area (Å²) < 4.78 is 77.5. The molecule has 0 nitrogen and oxygen atoms in total. The van der Waals surface area contributed by atoms with E-state index >= 15 is 0 Å². The van der Waals surface area contributed by atoms with Crippen molar-refractivity contribution in [3.63, 3.8) is 0 Å². The van der Waals surface area contributed by atoms with Crippen LogP contribution in [0.1, 0.15) is 11.1 Å². The van der Waals surface area contributed by atoms with E-state index in [1.54, 1.807) is 12.1 Å². The molecule has 2 aromatic rings. The van der Waals surface area contributed by atoms with Crippen LogP contribution in [0.5, 0.6) is 0 Å². The Morgan fingerprint density at radius 3 is 1.75 bits per heavy atom. The van der Waals surface area contributed by atoms with E-state index in [9.17, 15) is 26.3 Å². The van der Waals surface area contributed by atoms with Gasteiger partial charge < -0.3 is 0 Å². The van der Waals surface area contributed by atoms with E-state index in [0.717, 1.165) is 6.07 Å². The normalized spacial score (nSPS) is 13.5. The van der Waals surface area contributed by atoms with Crippen LogP contribution in [0.3, 0.4) is 0 Å². The van der Waals surface area contributed by atoms with Gasteiger partial charge in [0, 0.05) is 5.56 Å². The molecule has 6 heteroatoms. The highest BCUT2D eigenvalue weighted by Crippen LogP contribution is 2.55. The maximum absolute atomic E-state index is 13.0. The Balaban J connectivity index is 2.33. The van der Waals surface area contributed by atoms with Crippen molar-refractivity contribution in [2.75, 3.05) is 0 Å². The minimum absolute atomic E-state index is 0.209. The highest BCUT2D eigenvalue weighted by atomic mass is 19.4. The molecule has 2 aromatic carbocycles. The maximum atomic E-state index is 13.0. The molecule has 3 rings (SSSR count). The molecule has 0 fully saturated rings. The zero-order valence-corrected chi connectivity index (χ0v) is 9.73. The van der Waals surface area contributed by atoms with E-state index in [-0.39, 0.29) is 16.7 Å². The molecule has 0 radical (unpaired) electrons. The van der Waals surface area contributed by atoms with Gasteiger partial charge in [0.2, 0.25) is 0 Å². The summed E-state index contributed by atoms with van der Waals surface area (Å²) in [6, 6.07) is 7.71. The van der Waals surface area contributed by atoms with Crippen LogP contribution in [-0.2, 0) is 12.4 Å². The van der Waals surface area contributed by atoms with Crippen LogP contribution in [0, 0.1) is 0 Å². The number of benzene rings is 2. The number of alkyl halides is 6. The smallest absolute Gasteiger partial charge is 0.166 e. The molecule has 0 unspecified atom stereocenters. The molecule has 0 spiro atoms. The first-order valence-electron chi connectivity index (χ1n) is 5.62. The maximum Gasteiger partial charge on any atom is 0.417 e. The Labute approximate surface area is 109 Å². The summed E-state index contributed by atoms with van der Waals surface area (Å²) in [5.41, 5.74) is -2.63. The van der Waals surface area contributed by atoms with Crippen LogP contribution in [0.2, 0.25) is 0 Å². The van der Waals surface area contributed by atoms with Gasteiger partial charge in [-0.2, -0.15) is 26.3 Å². The lowest BCUT2D eigenvalue weighted by Crippen LogP contribution is -2.20. The molecule has 0 atom stereocenters. The molecule has 0 heterocycles. The third kappa shape index (κ3) is 1.71. The van der Waals surface area contributed by atoms with Gasteiger partial charge >= 0.3 is 12.4 Å². The molecular formula is C14H6F6. The average molecular weight is 288 g/mol. The van der Waals surface area contributed by atoms with E-state index in [2.05, 4.69) is 0 Å². The quantitative estimate of drug-likeness (QED) is 0.488. The van der Waals surface area contributed by atoms with Crippen molar-refractivity contribution in [3.8, 4) is 22.3 Å². The summed E-state index contributed by atoms with van der Waals surface area (Å²) in [5.74, 6) is 0. The predicted molar refractivity (Wildman–Crippen MR) is 60.9 cm³/mol. The van der Waals surface area contributed by atoms with Gasteiger partial charge in [-0.05, 0) is 22.8 Å². The first-order valence-corrected chi connectivity index (χ1v) is 5.62. The van der Waals surface area contributed by atoms with Crippen molar-refractivity contribution in [1.82, 2.24) is 0 Å². The lowest BCUT2D eigenvalue weighted by atomic mass is 9.76. The summed E-state index contributed by atoms with van der Waals surface area (Å²) in [5, 5.41) is 0. The van der Waals surface area contributed by atoms with E-state index in [4.69, 9.17) is 0 Å².